The van der Waals surface area contributed by atoms with Gasteiger partial charge in [-0.25, -0.2) is 13.3 Å². The number of halogens is 1. The molecule has 7 nitrogen and oxygen atoms in total. The van der Waals surface area contributed by atoms with E-state index in [-0.39, 0.29) is 33.0 Å². The van der Waals surface area contributed by atoms with Crippen molar-refractivity contribution in [3.63, 3.8) is 0 Å². The maximum Gasteiger partial charge on any atom is 0.263 e. The van der Waals surface area contributed by atoms with Crippen LogP contribution in [0.1, 0.15) is 38.3 Å². The number of aryl methyl sites for hydroxylation is 1. The molecule has 34 heavy (non-hydrogen) atoms. The number of carbonyl (C=O) groups is 2. The number of rotatable bonds is 6. The molecule has 1 fully saturated rings. The Morgan fingerprint density at radius 2 is 1.79 bits per heavy atom. The topological polar surface area (TPSA) is 96.4 Å². The predicted molar refractivity (Wildman–Crippen MR) is 133 cm³/mol. The van der Waals surface area contributed by atoms with E-state index in [4.69, 9.17) is 11.6 Å². The van der Waals surface area contributed by atoms with Crippen LogP contribution in [0.2, 0.25) is 0 Å². The van der Waals surface area contributed by atoms with Crippen molar-refractivity contribution < 1.29 is 18.0 Å². The normalized spacial score (nSPS) is 16.3. The molecule has 0 spiro atoms. The second-order valence-corrected chi connectivity index (χ2v) is 11.2. The highest BCUT2D eigenvalue weighted by molar-refractivity contribution is 7.89. The molecule has 0 unspecified atom stereocenters. The summed E-state index contributed by atoms with van der Waals surface area (Å²) in [4.78, 5) is 30.9. The minimum atomic E-state index is -4.06. The molecular weight excluding hydrogens is 474 g/mol. The number of aromatic nitrogens is 1. The lowest BCUT2D eigenvalue weighted by Crippen LogP contribution is -2.30. The summed E-state index contributed by atoms with van der Waals surface area (Å²) in [6.45, 7) is 11.4. The van der Waals surface area contributed by atoms with Gasteiger partial charge in [-0.05, 0) is 53.8 Å². The summed E-state index contributed by atoms with van der Waals surface area (Å²) >= 11 is 5.83. The Hall–Kier alpha value is -3.23. The van der Waals surface area contributed by atoms with Crippen LogP contribution in [0.3, 0.4) is 0 Å². The number of nitrogens with one attached hydrogen (secondary N) is 1. The first-order valence-electron chi connectivity index (χ1n) is 10.5. The van der Waals surface area contributed by atoms with Crippen molar-refractivity contribution in [2.45, 2.75) is 44.4 Å². The van der Waals surface area contributed by atoms with Crippen LogP contribution < -0.4 is 9.62 Å². The first-order valence-corrected chi connectivity index (χ1v) is 12.3. The second kappa shape index (κ2) is 9.56. The molecule has 0 atom stereocenters. The van der Waals surface area contributed by atoms with Crippen molar-refractivity contribution in [2.24, 2.45) is 0 Å². The third-order valence-corrected chi connectivity index (χ3v) is 6.70. The van der Waals surface area contributed by atoms with E-state index in [1.807, 2.05) is 20.8 Å². The Morgan fingerprint density at radius 1 is 1.15 bits per heavy atom. The van der Waals surface area contributed by atoms with Crippen LogP contribution in [-0.2, 0) is 25.0 Å². The highest BCUT2D eigenvalue weighted by Crippen LogP contribution is 2.29. The zero-order chi connectivity index (χ0) is 25.3. The van der Waals surface area contributed by atoms with E-state index in [1.54, 1.807) is 31.3 Å². The van der Waals surface area contributed by atoms with E-state index in [2.05, 4.69) is 16.3 Å². The van der Waals surface area contributed by atoms with Crippen molar-refractivity contribution in [1.82, 2.24) is 9.71 Å². The van der Waals surface area contributed by atoms with Crippen molar-refractivity contribution >= 4 is 39.1 Å². The molecule has 3 rings (SSSR count). The van der Waals surface area contributed by atoms with Gasteiger partial charge in [0.1, 0.15) is 0 Å². The first kappa shape index (κ1) is 25.4. The second-order valence-electron chi connectivity index (χ2n) is 8.98. The molecule has 0 aliphatic carbocycles. The summed E-state index contributed by atoms with van der Waals surface area (Å²) in [6.07, 6.45) is 5.40. The maximum absolute atomic E-state index is 13.2. The molecule has 2 heterocycles. The fourth-order valence-electron chi connectivity index (χ4n) is 3.39. The number of nitrogens with zero attached hydrogens (tertiary/aromatic N) is 2. The molecule has 0 saturated carbocycles. The van der Waals surface area contributed by atoms with Gasteiger partial charge >= 0.3 is 0 Å². The Labute approximate surface area is 204 Å². The third kappa shape index (κ3) is 5.63. The lowest BCUT2D eigenvalue weighted by molar-refractivity contribution is -0.120. The third-order valence-electron chi connectivity index (χ3n) is 5.19. The number of anilines is 1. The van der Waals surface area contributed by atoms with E-state index in [1.165, 1.54) is 30.5 Å². The zero-order valence-electron chi connectivity index (χ0n) is 19.4. The summed E-state index contributed by atoms with van der Waals surface area (Å²) in [5, 5.41) is 0.128. The number of amides is 2. The molecule has 1 aromatic carbocycles. The van der Waals surface area contributed by atoms with Gasteiger partial charge < -0.3 is 0 Å². The summed E-state index contributed by atoms with van der Waals surface area (Å²) in [5.41, 5.74) is 1.86. The van der Waals surface area contributed by atoms with Crippen LogP contribution in [0.4, 0.5) is 5.69 Å². The number of hydrogen-bond acceptors (Lipinski definition) is 5. The molecule has 1 aliphatic heterocycles. The fraction of sp³-hybridized carbons (Fsp3) is 0.240. The molecule has 1 saturated heterocycles. The largest absolute Gasteiger partial charge is 0.279 e. The highest BCUT2D eigenvalue weighted by Gasteiger charge is 2.37. The summed E-state index contributed by atoms with van der Waals surface area (Å²) in [5.74, 6) is -1.13. The van der Waals surface area contributed by atoms with Gasteiger partial charge in [0.2, 0.25) is 5.91 Å². The van der Waals surface area contributed by atoms with E-state index < -0.39 is 21.8 Å². The molecule has 1 aromatic heterocycles. The molecule has 0 bridgehead atoms. The van der Waals surface area contributed by atoms with E-state index in [0.29, 0.717) is 5.69 Å². The quantitative estimate of drug-likeness (QED) is 0.359. The fourth-order valence-corrected chi connectivity index (χ4v) is 4.55. The smallest absolute Gasteiger partial charge is 0.263 e. The first-order chi connectivity index (χ1) is 15.8. The summed E-state index contributed by atoms with van der Waals surface area (Å²) in [7, 11) is -4.06. The Balaban J connectivity index is 2.02. The molecular formula is C25H26ClN3O4S. The monoisotopic (exact) mass is 499 g/mol. The minimum absolute atomic E-state index is 0.00411. The Kier molecular flexibility index (Phi) is 7.14. The van der Waals surface area contributed by atoms with Gasteiger partial charge in [-0.15, -0.1) is 0 Å². The van der Waals surface area contributed by atoms with Gasteiger partial charge in [-0.3, -0.25) is 19.3 Å². The number of carbonyl (C=O) groups excluding carboxylic acids is 2. The Bertz CT molecular complexity index is 1320. The number of hydrogen-bond donors (Lipinski definition) is 1. The molecule has 178 valence electrons. The van der Waals surface area contributed by atoms with Gasteiger partial charge in [0.15, 0.2) is 0 Å². The lowest BCUT2D eigenvalue weighted by Gasteiger charge is -2.19. The van der Waals surface area contributed by atoms with E-state index >= 15 is 0 Å². The summed E-state index contributed by atoms with van der Waals surface area (Å²) < 4.78 is 28.7. The van der Waals surface area contributed by atoms with Crippen molar-refractivity contribution in [1.29, 1.82) is 0 Å². The van der Waals surface area contributed by atoms with Crippen LogP contribution in [0.5, 0.6) is 0 Å². The van der Waals surface area contributed by atoms with Crippen LogP contribution in [-0.4, -0.2) is 25.2 Å². The van der Waals surface area contributed by atoms with Gasteiger partial charge in [-0.1, -0.05) is 51.1 Å². The van der Waals surface area contributed by atoms with Crippen LogP contribution >= 0.6 is 11.6 Å². The maximum atomic E-state index is 13.2. The van der Waals surface area contributed by atoms with Gasteiger partial charge in [-0.2, -0.15) is 0 Å². The SMILES string of the molecule is C=C(Cl)/C=C\C(NS(=O)(=O)c1ccc(C(C)(C)C)cc1)=C1/CC(=O)N(c2cncc(C)c2)C1=O. The number of allylic oxidation sites excluding steroid dienone is 3. The predicted octanol–water partition coefficient (Wildman–Crippen LogP) is 4.49. The standard InChI is InChI=1S/C25H26ClN3O4S/c1-16-12-19(15-27-14-16)29-23(30)13-21(24(29)31)22(11-6-17(2)26)28-34(32,33)20-9-7-18(8-10-20)25(3,4)5/h6-12,14-15,28H,2,13H2,1,3-5H3/b11-6-,22-21-. The van der Waals surface area contributed by atoms with Gasteiger partial charge in [0.25, 0.3) is 15.9 Å². The van der Waals surface area contributed by atoms with Crippen molar-refractivity contribution in [3.8, 4) is 0 Å². The van der Waals surface area contributed by atoms with Gasteiger partial charge in [0.05, 0.1) is 34.5 Å². The molecule has 1 N–H and O–H groups in total. The lowest BCUT2D eigenvalue weighted by atomic mass is 9.87. The molecule has 1 aliphatic rings. The van der Waals surface area contributed by atoms with Crippen LogP contribution in [0.15, 0.2) is 82.7 Å². The minimum Gasteiger partial charge on any atom is -0.279 e. The Morgan fingerprint density at radius 3 is 2.35 bits per heavy atom. The van der Waals surface area contributed by atoms with E-state index in [0.717, 1.165) is 16.0 Å². The number of imide groups is 1. The highest BCUT2D eigenvalue weighted by atomic mass is 35.5. The zero-order valence-corrected chi connectivity index (χ0v) is 21.0. The molecule has 0 radical (unpaired) electrons. The van der Waals surface area contributed by atoms with Gasteiger partial charge in [0, 0.05) is 11.2 Å². The average molecular weight is 500 g/mol. The number of sulfonamides is 1. The molecule has 2 aromatic rings. The van der Waals surface area contributed by atoms with Crippen molar-refractivity contribution in [2.75, 3.05) is 4.90 Å². The number of benzene rings is 1. The summed E-state index contributed by atoms with van der Waals surface area (Å²) in [6, 6.07) is 8.15. The average Bonchev–Trinajstić information content (AvgIpc) is 3.04. The van der Waals surface area contributed by atoms with Crippen LogP contribution in [0, 0.1) is 6.92 Å². The molecule has 9 heteroatoms. The van der Waals surface area contributed by atoms with Crippen molar-refractivity contribution in [3.05, 3.63) is 88.9 Å². The van der Waals surface area contributed by atoms with Crippen LogP contribution in [0.25, 0.3) is 0 Å². The van der Waals surface area contributed by atoms with E-state index in [9.17, 15) is 18.0 Å². The molecule has 2 amide bonds. The number of pyridine rings is 1.